The summed E-state index contributed by atoms with van der Waals surface area (Å²) in [6, 6.07) is 4.13. The molecule has 0 saturated carbocycles. The average Bonchev–Trinajstić information content (AvgIpc) is 2.93. The lowest BCUT2D eigenvalue weighted by Gasteiger charge is -2.35. The first kappa shape index (κ1) is 17.1. The number of carbonyl (C=O) groups excluding carboxylic acids is 1. The minimum atomic E-state index is 0.00363. The Morgan fingerprint density at radius 1 is 1.23 bits per heavy atom. The van der Waals surface area contributed by atoms with Gasteiger partial charge in [0.1, 0.15) is 0 Å². The van der Waals surface area contributed by atoms with E-state index in [2.05, 4.69) is 26.6 Å². The van der Waals surface area contributed by atoms with Crippen molar-refractivity contribution in [3.8, 4) is 0 Å². The van der Waals surface area contributed by atoms with E-state index in [9.17, 15) is 4.79 Å². The Morgan fingerprint density at radius 3 is 3.04 bits per heavy atom. The summed E-state index contributed by atoms with van der Waals surface area (Å²) in [7, 11) is 0. The predicted molar refractivity (Wildman–Crippen MR) is 99.6 cm³/mol. The van der Waals surface area contributed by atoms with Gasteiger partial charge in [0.05, 0.1) is 18.3 Å². The van der Waals surface area contributed by atoms with E-state index in [4.69, 9.17) is 0 Å². The van der Waals surface area contributed by atoms with Crippen LogP contribution in [0.1, 0.15) is 67.1 Å². The summed E-state index contributed by atoms with van der Waals surface area (Å²) < 4.78 is 0. The monoisotopic (exact) mass is 353 g/mol. The molecule has 2 aromatic heterocycles. The zero-order valence-corrected chi connectivity index (χ0v) is 15.2. The van der Waals surface area contributed by atoms with Gasteiger partial charge >= 0.3 is 6.03 Å². The van der Waals surface area contributed by atoms with Crippen molar-refractivity contribution in [2.24, 2.45) is 0 Å². The number of aromatic amines is 1. The van der Waals surface area contributed by atoms with Gasteiger partial charge in [-0.05, 0) is 62.1 Å². The highest BCUT2D eigenvalue weighted by atomic mass is 16.2. The fourth-order valence-electron chi connectivity index (χ4n) is 4.23. The minimum absolute atomic E-state index is 0.00363. The number of hydrogen-bond acceptors (Lipinski definition) is 3. The molecular formula is C20H27N5O. The van der Waals surface area contributed by atoms with Crippen LogP contribution >= 0.6 is 0 Å². The normalized spacial score (nSPS) is 20.3. The molecule has 1 atom stereocenters. The number of rotatable bonds is 3. The molecule has 2 N–H and O–H groups in total. The third-order valence-corrected chi connectivity index (χ3v) is 5.63. The number of nitrogens with zero attached hydrogens (tertiary/aromatic N) is 3. The summed E-state index contributed by atoms with van der Waals surface area (Å²) in [6.07, 6.45) is 12.7. The highest BCUT2D eigenvalue weighted by Crippen LogP contribution is 2.30. The lowest BCUT2D eigenvalue weighted by molar-refractivity contribution is 0.151. The number of likely N-dealkylation sites (tertiary alicyclic amines) is 1. The maximum Gasteiger partial charge on any atom is 0.318 e. The molecule has 1 fully saturated rings. The molecule has 0 radical (unpaired) electrons. The van der Waals surface area contributed by atoms with Crippen LogP contribution < -0.4 is 5.32 Å². The van der Waals surface area contributed by atoms with Crippen molar-refractivity contribution in [3.05, 3.63) is 47.0 Å². The first-order valence-corrected chi connectivity index (χ1v) is 9.82. The van der Waals surface area contributed by atoms with Crippen LogP contribution in [0.3, 0.4) is 0 Å². The van der Waals surface area contributed by atoms with Gasteiger partial charge in [0.15, 0.2) is 0 Å². The Morgan fingerprint density at radius 2 is 2.15 bits per heavy atom. The first-order chi connectivity index (χ1) is 12.8. The molecule has 4 rings (SSSR count). The van der Waals surface area contributed by atoms with Gasteiger partial charge in [-0.3, -0.25) is 10.1 Å². The molecule has 2 aromatic rings. The molecule has 138 valence electrons. The Balaban J connectivity index is 1.43. The Hall–Kier alpha value is -2.37. The molecule has 0 spiro atoms. The van der Waals surface area contributed by atoms with Gasteiger partial charge < -0.3 is 10.2 Å². The number of aryl methyl sites for hydroxylation is 1. The number of piperidine rings is 1. The number of pyridine rings is 1. The van der Waals surface area contributed by atoms with Crippen molar-refractivity contribution in [1.29, 1.82) is 0 Å². The largest absolute Gasteiger partial charge is 0.332 e. The fraction of sp³-hybridized carbons (Fsp3) is 0.550. The summed E-state index contributed by atoms with van der Waals surface area (Å²) in [4.78, 5) is 19.1. The molecule has 0 aromatic carbocycles. The number of aromatic nitrogens is 3. The highest BCUT2D eigenvalue weighted by Gasteiger charge is 2.28. The molecule has 2 amide bonds. The number of hydrogen-bond donors (Lipinski definition) is 2. The van der Waals surface area contributed by atoms with E-state index in [1.807, 2.05) is 17.2 Å². The third kappa shape index (κ3) is 3.59. The van der Waals surface area contributed by atoms with Gasteiger partial charge in [-0.2, -0.15) is 5.10 Å². The molecule has 0 bridgehead atoms. The van der Waals surface area contributed by atoms with Gasteiger partial charge in [-0.25, -0.2) is 4.79 Å². The van der Waals surface area contributed by atoms with Gasteiger partial charge in [0.25, 0.3) is 0 Å². The number of amides is 2. The van der Waals surface area contributed by atoms with E-state index < -0.39 is 0 Å². The van der Waals surface area contributed by atoms with Crippen LogP contribution in [0.4, 0.5) is 4.79 Å². The van der Waals surface area contributed by atoms with Gasteiger partial charge in [0.2, 0.25) is 0 Å². The summed E-state index contributed by atoms with van der Waals surface area (Å²) in [6.45, 7) is 1.30. The number of H-pyrrole nitrogens is 1. The number of fused-ring (bicyclic) bond motifs is 1. The zero-order chi connectivity index (χ0) is 17.8. The second-order valence-corrected chi connectivity index (χ2v) is 7.34. The number of carbonyl (C=O) groups is 1. The van der Waals surface area contributed by atoms with E-state index in [1.54, 1.807) is 6.20 Å². The summed E-state index contributed by atoms with van der Waals surface area (Å²) >= 11 is 0. The molecule has 26 heavy (non-hydrogen) atoms. The molecular weight excluding hydrogens is 326 g/mol. The van der Waals surface area contributed by atoms with Crippen molar-refractivity contribution in [2.45, 2.75) is 64.0 Å². The Bertz CT molecular complexity index is 742. The van der Waals surface area contributed by atoms with E-state index in [1.165, 1.54) is 30.5 Å². The van der Waals surface area contributed by atoms with Crippen molar-refractivity contribution < 1.29 is 4.79 Å². The maximum atomic E-state index is 12.9. The smallest absolute Gasteiger partial charge is 0.318 e. The summed E-state index contributed by atoms with van der Waals surface area (Å²) in [5.74, 6) is 0. The lowest BCUT2D eigenvalue weighted by atomic mass is 9.97. The fourth-order valence-corrected chi connectivity index (χ4v) is 4.23. The van der Waals surface area contributed by atoms with Crippen LogP contribution in [-0.4, -0.2) is 32.7 Å². The van der Waals surface area contributed by atoms with Crippen LogP contribution in [0.25, 0.3) is 0 Å². The van der Waals surface area contributed by atoms with Crippen molar-refractivity contribution in [1.82, 2.24) is 25.4 Å². The van der Waals surface area contributed by atoms with Crippen LogP contribution in [0.15, 0.2) is 24.5 Å². The first-order valence-electron chi connectivity index (χ1n) is 9.82. The zero-order valence-electron chi connectivity index (χ0n) is 15.2. The average molecular weight is 353 g/mol. The second-order valence-electron chi connectivity index (χ2n) is 7.34. The van der Waals surface area contributed by atoms with Crippen molar-refractivity contribution in [3.63, 3.8) is 0 Å². The summed E-state index contributed by atoms with van der Waals surface area (Å²) in [5, 5.41) is 10.8. The van der Waals surface area contributed by atoms with Crippen LogP contribution in [-0.2, 0) is 19.4 Å². The lowest BCUT2D eigenvalue weighted by Crippen LogP contribution is -2.44. The summed E-state index contributed by atoms with van der Waals surface area (Å²) in [5.41, 5.74) is 4.71. The SMILES string of the molecule is O=C(NCc1n[nH]c2c1CCCCC2)N1CCCC[C@H]1c1cccnc1. The molecule has 0 unspecified atom stereocenters. The van der Waals surface area contributed by atoms with Crippen molar-refractivity contribution in [2.75, 3.05) is 6.54 Å². The molecule has 6 nitrogen and oxygen atoms in total. The standard InChI is InChI=1S/C20H27N5O/c26-20(22-14-18-16-8-2-1-3-9-17(16)23-24-18)25-12-5-4-10-19(25)15-7-6-11-21-13-15/h6-7,11,13,19H,1-5,8-10,12,14H2,(H,22,26)(H,23,24)/t19-/m0/s1. The molecule has 6 heteroatoms. The van der Waals surface area contributed by atoms with Crippen LogP contribution in [0, 0.1) is 0 Å². The predicted octanol–water partition coefficient (Wildman–Crippen LogP) is 3.51. The van der Waals surface area contributed by atoms with E-state index in [0.29, 0.717) is 6.54 Å². The topological polar surface area (TPSA) is 73.9 Å². The third-order valence-electron chi connectivity index (χ3n) is 5.63. The molecule has 2 aliphatic rings. The van der Waals surface area contributed by atoms with E-state index >= 15 is 0 Å². The van der Waals surface area contributed by atoms with Gasteiger partial charge in [-0.1, -0.05) is 12.5 Å². The number of nitrogens with one attached hydrogen (secondary N) is 2. The van der Waals surface area contributed by atoms with E-state index in [0.717, 1.165) is 49.9 Å². The van der Waals surface area contributed by atoms with Crippen LogP contribution in [0.2, 0.25) is 0 Å². The number of urea groups is 1. The molecule has 1 aliphatic carbocycles. The van der Waals surface area contributed by atoms with Gasteiger partial charge in [0, 0.05) is 24.6 Å². The van der Waals surface area contributed by atoms with Crippen molar-refractivity contribution >= 4 is 6.03 Å². The van der Waals surface area contributed by atoms with Gasteiger partial charge in [-0.15, -0.1) is 0 Å². The highest BCUT2D eigenvalue weighted by molar-refractivity contribution is 5.75. The second kappa shape index (κ2) is 7.89. The van der Waals surface area contributed by atoms with E-state index in [-0.39, 0.29) is 12.1 Å². The Kier molecular flexibility index (Phi) is 5.18. The minimum Gasteiger partial charge on any atom is -0.332 e. The molecule has 1 aliphatic heterocycles. The molecule has 3 heterocycles. The molecule has 1 saturated heterocycles. The van der Waals surface area contributed by atoms with Crippen LogP contribution in [0.5, 0.6) is 0 Å². The quantitative estimate of drug-likeness (QED) is 0.829. The maximum absolute atomic E-state index is 12.9. The Labute approximate surface area is 154 Å².